The third kappa shape index (κ3) is 4.37. The molecular formula is C15H28N2O2. The van der Waals surface area contributed by atoms with E-state index in [2.05, 4.69) is 10.6 Å². The molecule has 0 aromatic heterocycles. The number of alkyl carbamates (subject to hydrolysis) is 1. The van der Waals surface area contributed by atoms with Crippen LogP contribution >= 0.6 is 0 Å². The molecule has 1 amide bonds. The van der Waals surface area contributed by atoms with Gasteiger partial charge in [-0.25, -0.2) is 4.79 Å². The zero-order valence-electron chi connectivity index (χ0n) is 12.6. The van der Waals surface area contributed by atoms with Crippen molar-refractivity contribution in [1.29, 1.82) is 0 Å². The van der Waals surface area contributed by atoms with Crippen molar-refractivity contribution in [2.45, 2.75) is 70.4 Å². The lowest BCUT2D eigenvalue weighted by molar-refractivity contribution is 0.0518. The van der Waals surface area contributed by atoms with Gasteiger partial charge >= 0.3 is 6.09 Å². The summed E-state index contributed by atoms with van der Waals surface area (Å²) in [5.74, 6) is 0.595. The second-order valence-electron chi connectivity index (χ2n) is 7.16. The summed E-state index contributed by atoms with van der Waals surface area (Å²) in [6.07, 6.45) is 7.34. The first-order valence-corrected chi connectivity index (χ1v) is 7.60. The van der Waals surface area contributed by atoms with Gasteiger partial charge in [-0.1, -0.05) is 6.42 Å². The molecular weight excluding hydrogens is 240 g/mol. The predicted octanol–water partition coefficient (Wildman–Crippen LogP) is 2.82. The summed E-state index contributed by atoms with van der Waals surface area (Å²) in [5.41, 5.74) is -0.0373. The highest BCUT2D eigenvalue weighted by molar-refractivity contribution is 5.67. The maximum Gasteiger partial charge on any atom is 0.407 e. The molecule has 1 saturated carbocycles. The molecule has 2 atom stereocenters. The standard InChI is InChI=1S/C15H28N2O2/c1-14(2,3)19-13(18)16-11-12-6-8-15(10-12)7-4-5-9-17-15/h12,17H,4-11H2,1-3H3,(H,16,18). The minimum absolute atomic E-state index is 0.287. The van der Waals surface area contributed by atoms with Gasteiger partial charge in [-0.15, -0.1) is 0 Å². The van der Waals surface area contributed by atoms with E-state index in [9.17, 15) is 4.79 Å². The highest BCUT2D eigenvalue weighted by Crippen LogP contribution is 2.39. The minimum atomic E-state index is -0.411. The number of nitrogens with one attached hydrogen (secondary N) is 2. The van der Waals surface area contributed by atoms with Crippen LogP contribution in [-0.2, 0) is 4.74 Å². The van der Waals surface area contributed by atoms with Crippen molar-refractivity contribution in [3.8, 4) is 0 Å². The molecule has 4 nitrogen and oxygen atoms in total. The van der Waals surface area contributed by atoms with E-state index in [1.807, 2.05) is 20.8 Å². The maximum atomic E-state index is 11.6. The van der Waals surface area contributed by atoms with Gasteiger partial charge in [0.05, 0.1) is 0 Å². The Labute approximate surface area is 116 Å². The van der Waals surface area contributed by atoms with Crippen LogP contribution in [0.3, 0.4) is 0 Å². The maximum absolute atomic E-state index is 11.6. The summed E-state index contributed by atoms with van der Waals surface area (Å²) < 4.78 is 5.27. The van der Waals surface area contributed by atoms with Crippen molar-refractivity contribution in [3.05, 3.63) is 0 Å². The summed E-state index contributed by atoms with van der Waals surface area (Å²) in [4.78, 5) is 11.6. The first-order chi connectivity index (χ1) is 8.89. The molecule has 1 aliphatic heterocycles. The van der Waals surface area contributed by atoms with Gasteiger partial charge in [0, 0.05) is 12.1 Å². The molecule has 110 valence electrons. The van der Waals surface area contributed by atoms with Crippen molar-refractivity contribution in [2.75, 3.05) is 13.1 Å². The molecule has 1 saturated heterocycles. The molecule has 1 heterocycles. The highest BCUT2D eigenvalue weighted by atomic mass is 16.6. The quantitative estimate of drug-likeness (QED) is 0.809. The van der Waals surface area contributed by atoms with Crippen LogP contribution in [-0.4, -0.2) is 30.3 Å². The number of amides is 1. The number of hydrogen-bond donors (Lipinski definition) is 2. The molecule has 2 rings (SSSR count). The number of hydrogen-bond acceptors (Lipinski definition) is 3. The lowest BCUT2D eigenvalue weighted by Gasteiger charge is -2.35. The fourth-order valence-corrected chi connectivity index (χ4v) is 3.37. The van der Waals surface area contributed by atoms with E-state index in [-0.39, 0.29) is 6.09 Å². The summed E-state index contributed by atoms with van der Waals surface area (Å²) in [5, 5.41) is 6.62. The van der Waals surface area contributed by atoms with Gasteiger partial charge in [0.25, 0.3) is 0 Å². The number of carbonyl (C=O) groups is 1. The van der Waals surface area contributed by atoms with Crippen molar-refractivity contribution in [2.24, 2.45) is 5.92 Å². The Hall–Kier alpha value is -0.770. The van der Waals surface area contributed by atoms with Crippen molar-refractivity contribution < 1.29 is 9.53 Å². The van der Waals surface area contributed by atoms with Gasteiger partial charge in [0.15, 0.2) is 0 Å². The smallest absolute Gasteiger partial charge is 0.407 e. The summed E-state index contributed by atoms with van der Waals surface area (Å²) in [6, 6.07) is 0. The number of ether oxygens (including phenoxy) is 1. The number of rotatable bonds is 2. The summed E-state index contributed by atoms with van der Waals surface area (Å²) in [6.45, 7) is 7.58. The van der Waals surface area contributed by atoms with Crippen LogP contribution in [0.4, 0.5) is 4.79 Å². The van der Waals surface area contributed by atoms with Gasteiger partial charge in [-0.05, 0) is 65.3 Å². The van der Waals surface area contributed by atoms with Crippen molar-refractivity contribution in [1.82, 2.24) is 10.6 Å². The Balaban J connectivity index is 1.72. The van der Waals surface area contributed by atoms with E-state index >= 15 is 0 Å². The molecule has 4 heteroatoms. The van der Waals surface area contributed by atoms with Gasteiger partial charge in [0.2, 0.25) is 0 Å². The van der Waals surface area contributed by atoms with Gasteiger partial charge in [0.1, 0.15) is 5.60 Å². The Kier molecular flexibility index (Phi) is 4.39. The van der Waals surface area contributed by atoms with Crippen LogP contribution < -0.4 is 10.6 Å². The molecule has 2 fully saturated rings. The fraction of sp³-hybridized carbons (Fsp3) is 0.933. The third-order valence-electron chi connectivity index (χ3n) is 4.23. The normalized spacial score (nSPS) is 31.4. The monoisotopic (exact) mass is 268 g/mol. The Bertz CT molecular complexity index is 317. The largest absolute Gasteiger partial charge is 0.444 e. The van der Waals surface area contributed by atoms with E-state index in [0.29, 0.717) is 11.5 Å². The van der Waals surface area contributed by atoms with Gasteiger partial charge in [-0.2, -0.15) is 0 Å². The average molecular weight is 268 g/mol. The topological polar surface area (TPSA) is 50.4 Å². The molecule has 0 aromatic carbocycles. The molecule has 0 bridgehead atoms. The first-order valence-electron chi connectivity index (χ1n) is 7.60. The Morgan fingerprint density at radius 1 is 1.37 bits per heavy atom. The Morgan fingerprint density at radius 2 is 2.16 bits per heavy atom. The molecule has 1 aliphatic carbocycles. The molecule has 0 aromatic rings. The molecule has 2 aliphatic rings. The van der Waals surface area contributed by atoms with Crippen molar-refractivity contribution in [3.63, 3.8) is 0 Å². The fourth-order valence-electron chi connectivity index (χ4n) is 3.37. The molecule has 0 radical (unpaired) electrons. The van der Waals surface area contributed by atoms with E-state index in [1.54, 1.807) is 0 Å². The second-order valence-corrected chi connectivity index (χ2v) is 7.16. The molecule has 19 heavy (non-hydrogen) atoms. The number of carbonyl (C=O) groups excluding carboxylic acids is 1. The minimum Gasteiger partial charge on any atom is -0.444 e. The van der Waals surface area contributed by atoms with E-state index in [1.165, 1.54) is 38.5 Å². The lowest BCUT2D eigenvalue weighted by atomic mass is 9.86. The average Bonchev–Trinajstić information content (AvgIpc) is 2.69. The summed E-state index contributed by atoms with van der Waals surface area (Å²) >= 11 is 0. The van der Waals surface area contributed by atoms with E-state index < -0.39 is 5.60 Å². The zero-order valence-corrected chi connectivity index (χ0v) is 12.6. The van der Waals surface area contributed by atoms with Crippen LogP contribution in [0.25, 0.3) is 0 Å². The van der Waals surface area contributed by atoms with Crippen molar-refractivity contribution >= 4 is 6.09 Å². The van der Waals surface area contributed by atoms with Crippen LogP contribution in [0.2, 0.25) is 0 Å². The SMILES string of the molecule is CC(C)(C)OC(=O)NCC1CCC2(CCCCN2)C1. The predicted molar refractivity (Wildman–Crippen MR) is 76.2 cm³/mol. The van der Waals surface area contributed by atoms with Crippen LogP contribution in [0.5, 0.6) is 0 Å². The molecule has 2 unspecified atom stereocenters. The van der Waals surface area contributed by atoms with Crippen LogP contribution in [0.15, 0.2) is 0 Å². The zero-order chi connectivity index (χ0) is 13.9. The molecule has 1 spiro atoms. The van der Waals surface area contributed by atoms with Crippen LogP contribution in [0, 0.1) is 5.92 Å². The highest BCUT2D eigenvalue weighted by Gasteiger charge is 2.39. The van der Waals surface area contributed by atoms with Gasteiger partial charge in [-0.3, -0.25) is 0 Å². The van der Waals surface area contributed by atoms with E-state index in [0.717, 1.165) is 13.1 Å². The first kappa shape index (κ1) is 14.6. The molecule has 2 N–H and O–H groups in total. The lowest BCUT2D eigenvalue weighted by Crippen LogP contribution is -2.46. The third-order valence-corrected chi connectivity index (χ3v) is 4.23. The van der Waals surface area contributed by atoms with Crippen LogP contribution in [0.1, 0.15) is 59.3 Å². The summed E-state index contributed by atoms with van der Waals surface area (Å²) in [7, 11) is 0. The Morgan fingerprint density at radius 3 is 2.79 bits per heavy atom. The van der Waals surface area contributed by atoms with E-state index in [4.69, 9.17) is 4.74 Å². The number of piperidine rings is 1. The second kappa shape index (κ2) is 5.70. The van der Waals surface area contributed by atoms with Gasteiger partial charge < -0.3 is 15.4 Å².